The summed E-state index contributed by atoms with van der Waals surface area (Å²) in [5, 5.41) is 1.12. The Labute approximate surface area is 119 Å². The third kappa shape index (κ3) is 2.47. The standard InChI is InChI=1S/C18H19NO/c1-12-7-13(2)9-14(8-12)10-17(19)16-11-20-18-6-4-3-5-15(16)18/h3-9,11,17H,10,19H2,1-2H3. The zero-order valence-corrected chi connectivity index (χ0v) is 11.9. The van der Waals surface area contributed by atoms with Crippen molar-refractivity contribution in [2.75, 3.05) is 0 Å². The summed E-state index contributed by atoms with van der Waals surface area (Å²) in [4.78, 5) is 0. The minimum atomic E-state index is -0.0418. The van der Waals surface area contributed by atoms with E-state index in [2.05, 4.69) is 38.1 Å². The summed E-state index contributed by atoms with van der Waals surface area (Å²) in [5.74, 6) is 0. The number of rotatable bonds is 3. The van der Waals surface area contributed by atoms with E-state index >= 15 is 0 Å². The Balaban J connectivity index is 1.91. The molecule has 0 aliphatic rings. The molecule has 0 radical (unpaired) electrons. The quantitative estimate of drug-likeness (QED) is 0.767. The Kier molecular flexibility index (Phi) is 3.33. The molecule has 3 aromatic rings. The van der Waals surface area contributed by atoms with Gasteiger partial charge in [0.2, 0.25) is 0 Å². The van der Waals surface area contributed by atoms with E-state index in [1.807, 2.05) is 18.2 Å². The summed E-state index contributed by atoms with van der Waals surface area (Å²) in [6.45, 7) is 4.24. The van der Waals surface area contributed by atoms with Crippen LogP contribution >= 0.6 is 0 Å². The molecule has 2 nitrogen and oxygen atoms in total. The van der Waals surface area contributed by atoms with Crippen LogP contribution in [0.4, 0.5) is 0 Å². The highest BCUT2D eigenvalue weighted by molar-refractivity contribution is 5.81. The van der Waals surface area contributed by atoms with Crippen LogP contribution in [0.2, 0.25) is 0 Å². The van der Waals surface area contributed by atoms with E-state index in [0.29, 0.717) is 0 Å². The van der Waals surface area contributed by atoms with Crippen molar-refractivity contribution in [2.45, 2.75) is 26.3 Å². The highest BCUT2D eigenvalue weighted by Gasteiger charge is 2.13. The Hall–Kier alpha value is -2.06. The minimum Gasteiger partial charge on any atom is -0.464 e. The number of hydrogen-bond donors (Lipinski definition) is 1. The predicted molar refractivity (Wildman–Crippen MR) is 82.8 cm³/mol. The van der Waals surface area contributed by atoms with Crippen LogP contribution < -0.4 is 5.73 Å². The molecular weight excluding hydrogens is 246 g/mol. The van der Waals surface area contributed by atoms with E-state index in [9.17, 15) is 0 Å². The van der Waals surface area contributed by atoms with Crippen molar-refractivity contribution in [3.63, 3.8) is 0 Å². The molecule has 1 unspecified atom stereocenters. The van der Waals surface area contributed by atoms with Gasteiger partial charge in [-0.1, -0.05) is 47.5 Å². The van der Waals surface area contributed by atoms with Crippen LogP contribution in [0.1, 0.15) is 28.3 Å². The SMILES string of the molecule is Cc1cc(C)cc(CC(N)c2coc3ccccc23)c1. The maximum atomic E-state index is 6.38. The van der Waals surface area contributed by atoms with E-state index in [4.69, 9.17) is 10.2 Å². The van der Waals surface area contributed by atoms with Gasteiger partial charge in [0, 0.05) is 17.0 Å². The number of fused-ring (bicyclic) bond motifs is 1. The van der Waals surface area contributed by atoms with Crippen molar-refractivity contribution in [2.24, 2.45) is 5.73 Å². The molecule has 0 fully saturated rings. The molecule has 1 aromatic heterocycles. The van der Waals surface area contributed by atoms with E-state index in [1.54, 1.807) is 6.26 Å². The average Bonchev–Trinajstić information content (AvgIpc) is 2.81. The number of para-hydroxylation sites is 1. The summed E-state index contributed by atoms with van der Waals surface area (Å²) >= 11 is 0. The number of aryl methyl sites for hydroxylation is 2. The van der Waals surface area contributed by atoms with Gasteiger partial charge in [-0.2, -0.15) is 0 Å². The normalized spacial score (nSPS) is 12.8. The van der Waals surface area contributed by atoms with Crippen molar-refractivity contribution in [1.82, 2.24) is 0 Å². The monoisotopic (exact) mass is 265 g/mol. The highest BCUT2D eigenvalue weighted by Crippen LogP contribution is 2.27. The van der Waals surface area contributed by atoms with Crippen molar-refractivity contribution in [3.8, 4) is 0 Å². The van der Waals surface area contributed by atoms with Gasteiger partial charge in [0.15, 0.2) is 0 Å². The molecule has 2 aromatic carbocycles. The van der Waals surface area contributed by atoms with Gasteiger partial charge in [-0.3, -0.25) is 0 Å². The first-order valence-electron chi connectivity index (χ1n) is 6.92. The molecule has 2 heteroatoms. The minimum absolute atomic E-state index is 0.0418. The molecule has 0 saturated heterocycles. The molecule has 0 bridgehead atoms. The molecule has 3 rings (SSSR count). The van der Waals surface area contributed by atoms with Gasteiger partial charge < -0.3 is 10.2 Å². The van der Waals surface area contributed by atoms with E-state index < -0.39 is 0 Å². The molecule has 102 valence electrons. The van der Waals surface area contributed by atoms with E-state index in [0.717, 1.165) is 23.0 Å². The summed E-state index contributed by atoms with van der Waals surface area (Å²) in [5.41, 5.74) is 12.2. The smallest absolute Gasteiger partial charge is 0.134 e. The molecule has 0 saturated carbocycles. The molecule has 0 aliphatic carbocycles. The fourth-order valence-electron chi connectivity index (χ4n) is 2.84. The summed E-state index contributed by atoms with van der Waals surface area (Å²) in [6.07, 6.45) is 2.62. The maximum absolute atomic E-state index is 6.38. The summed E-state index contributed by atoms with van der Waals surface area (Å²) in [6, 6.07) is 14.6. The third-order valence-corrected chi connectivity index (χ3v) is 3.65. The summed E-state index contributed by atoms with van der Waals surface area (Å²) in [7, 11) is 0. The first-order valence-corrected chi connectivity index (χ1v) is 6.92. The molecule has 2 N–H and O–H groups in total. The van der Waals surface area contributed by atoms with Gasteiger partial charge in [-0.15, -0.1) is 0 Å². The topological polar surface area (TPSA) is 39.2 Å². The summed E-state index contributed by atoms with van der Waals surface area (Å²) < 4.78 is 5.58. The van der Waals surface area contributed by atoms with E-state index in [1.165, 1.54) is 16.7 Å². The van der Waals surface area contributed by atoms with Gasteiger partial charge in [0.1, 0.15) is 5.58 Å². The van der Waals surface area contributed by atoms with Gasteiger partial charge in [-0.25, -0.2) is 0 Å². The lowest BCUT2D eigenvalue weighted by atomic mass is 9.97. The Morgan fingerprint density at radius 1 is 1.05 bits per heavy atom. The number of hydrogen-bond acceptors (Lipinski definition) is 2. The highest BCUT2D eigenvalue weighted by atomic mass is 16.3. The van der Waals surface area contributed by atoms with Gasteiger partial charge in [0.25, 0.3) is 0 Å². The lowest BCUT2D eigenvalue weighted by molar-refractivity contribution is 0.599. The molecule has 20 heavy (non-hydrogen) atoms. The van der Waals surface area contributed by atoms with Crippen LogP contribution in [0.15, 0.2) is 53.1 Å². The van der Waals surface area contributed by atoms with Crippen LogP contribution in [0.3, 0.4) is 0 Å². The van der Waals surface area contributed by atoms with Crippen LogP contribution in [-0.2, 0) is 6.42 Å². The van der Waals surface area contributed by atoms with Crippen LogP contribution in [0.5, 0.6) is 0 Å². The molecule has 1 atom stereocenters. The Morgan fingerprint density at radius 3 is 2.50 bits per heavy atom. The van der Waals surface area contributed by atoms with Gasteiger partial charge >= 0.3 is 0 Å². The molecule has 1 heterocycles. The third-order valence-electron chi connectivity index (χ3n) is 3.65. The lowest BCUT2D eigenvalue weighted by Crippen LogP contribution is -2.13. The fourth-order valence-corrected chi connectivity index (χ4v) is 2.84. The second-order valence-electron chi connectivity index (χ2n) is 5.49. The Morgan fingerprint density at radius 2 is 1.75 bits per heavy atom. The van der Waals surface area contributed by atoms with Crippen LogP contribution in [0.25, 0.3) is 11.0 Å². The van der Waals surface area contributed by atoms with Crippen molar-refractivity contribution < 1.29 is 4.42 Å². The van der Waals surface area contributed by atoms with Crippen molar-refractivity contribution in [1.29, 1.82) is 0 Å². The van der Waals surface area contributed by atoms with Gasteiger partial charge in [0.05, 0.1) is 6.26 Å². The van der Waals surface area contributed by atoms with Gasteiger partial charge in [-0.05, 0) is 31.9 Å². The van der Waals surface area contributed by atoms with Crippen LogP contribution in [-0.4, -0.2) is 0 Å². The fraction of sp³-hybridized carbons (Fsp3) is 0.222. The number of furan rings is 1. The average molecular weight is 265 g/mol. The van der Waals surface area contributed by atoms with Crippen molar-refractivity contribution in [3.05, 3.63) is 71.0 Å². The second kappa shape index (κ2) is 5.14. The predicted octanol–water partition coefficient (Wildman–Crippen LogP) is 4.29. The maximum Gasteiger partial charge on any atom is 0.134 e. The second-order valence-corrected chi connectivity index (χ2v) is 5.49. The van der Waals surface area contributed by atoms with Crippen molar-refractivity contribution >= 4 is 11.0 Å². The first-order chi connectivity index (χ1) is 9.63. The largest absolute Gasteiger partial charge is 0.464 e. The first kappa shape index (κ1) is 12.9. The number of nitrogens with two attached hydrogens (primary N) is 1. The lowest BCUT2D eigenvalue weighted by Gasteiger charge is -2.12. The molecule has 0 aliphatic heterocycles. The van der Waals surface area contributed by atoms with E-state index in [-0.39, 0.29) is 6.04 Å². The Bertz CT molecular complexity index is 722. The molecule has 0 spiro atoms. The number of benzene rings is 2. The zero-order chi connectivity index (χ0) is 14.1. The molecule has 0 amide bonds. The zero-order valence-electron chi connectivity index (χ0n) is 11.9. The molecular formula is C18H19NO. The van der Waals surface area contributed by atoms with Crippen LogP contribution in [0, 0.1) is 13.8 Å².